The Balaban J connectivity index is 1.33. The fourth-order valence-electron chi connectivity index (χ4n) is 4.53. The van der Waals surface area contributed by atoms with Crippen LogP contribution in [0.25, 0.3) is 11.0 Å². The first-order valence-electron chi connectivity index (χ1n) is 11.1. The molecule has 1 N–H and O–H groups in total. The third-order valence-electron chi connectivity index (χ3n) is 6.33. The van der Waals surface area contributed by atoms with Crippen molar-refractivity contribution in [2.45, 2.75) is 26.2 Å². The van der Waals surface area contributed by atoms with Crippen LogP contribution < -0.4 is 5.32 Å². The van der Waals surface area contributed by atoms with Gasteiger partial charge in [-0.25, -0.2) is 9.37 Å². The molecule has 2 aromatic carbocycles. The topological polar surface area (TPSA) is 63.1 Å². The summed E-state index contributed by atoms with van der Waals surface area (Å²) >= 11 is 0. The first kappa shape index (κ1) is 21.1. The van der Waals surface area contributed by atoms with Crippen molar-refractivity contribution in [3.63, 3.8) is 0 Å². The number of nitrogens with one attached hydrogen (secondary N) is 1. The molecule has 0 unspecified atom stereocenters. The number of nitrogens with zero attached hydrogens (tertiary/aromatic N) is 4. The fraction of sp³-hybridized carbons (Fsp3) is 0.269. The van der Waals surface area contributed by atoms with Crippen LogP contribution in [0.5, 0.6) is 0 Å². The number of anilines is 2. The number of hydrogen-bond donors (Lipinski definition) is 1. The average Bonchev–Trinajstić information content (AvgIpc) is 3.38. The summed E-state index contributed by atoms with van der Waals surface area (Å²) in [5, 5.41) is 3.26. The van der Waals surface area contributed by atoms with Crippen molar-refractivity contribution >= 4 is 28.3 Å². The zero-order valence-electron chi connectivity index (χ0n) is 19.0. The van der Waals surface area contributed by atoms with E-state index in [4.69, 9.17) is 4.98 Å². The number of halogens is 1. The summed E-state index contributed by atoms with van der Waals surface area (Å²) in [6.07, 6.45) is 0.854. The highest BCUT2D eigenvalue weighted by molar-refractivity contribution is 5.97. The molecule has 4 aromatic rings. The third-order valence-corrected chi connectivity index (χ3v) is 6.33. The minimum Gasteiger partial charge on any atom is -0.355 e. The Hall–Kier alpha value is -3.74. The maximum absolute atomic E-state index is 13.5. The van der Waals surface area contributed by atoms with Gasteiger partial charge in [0.2, 0.25) is 0 Å². The Kier molecular flexibility index (Phi) is 5.32. The van der Waals surface area contributed by atoms with Crippen LogP contribution in [-0.4, -0.2) is 38.4 Å². The molecule has 1 amide bonds. The Morgan fingerprint density at radius 2 is 1.91 bits per heavy atom. The summed E-state index contributed by atoms with van der Waals surface area (Å²) in [6.45, 7) is 5.21. The van der Waals surface area contributed by atoms with Crippen LogP contribution in [0.1, 0.15) is 39.9 Å². The third kappa shape index (κ3) is 4.18. The van der Waals surface area contributed by atoms with Crippen molar-refractivity contribution in [1.82, 2.24) is 19.4 Å². The maximum Gasteiger partial charge on any atom is 0.253 e. The van der Waals surface area contributed by atoms with Crippen LogP contribution in [0.3, 0.4) is 0 Å². The number of carbonyl (C=O) groups is 1. The molecular weight excluding hydrogens is 417 g/mol. The van der Waals surface area contributed by atoms with Crippen molar-refractivity contribution in [3.8, 4) is 0 Å². The molecule has 1 atom stereocenters. The molecule has 1 aliphatic rings. The van der Waals surface area contributed by atoms with E-state index < -0.39 is 0 Å². The minimum atomic E-state index is -0.282. The first-order chi connectivity index (χ1) is 15.9. The van der Waals surface area contributed by atoms with Gasteiger partial charge in [0.05, 0.1) is 11.0 Å². The molecule has 0 aliphatic carbocycles. The highest BCUT2D eigenvalue weighted by Crippen LogP contribution is 2.30. The first-order valence-corrected chi connectivity index (χ1v) is 11.1. The van der Waals surface area contributed by atoms with Gasteiger partial charge in [-0.15, -0.1) is 0 Å². The molecule has 168 valence electrons. The van der Waals surface area contributed by atoms with Gasteiger partial charge in [0.25, 0.3) is 5.91 Å². The largest absolute Gasteiger partial charge is 0.355 e. The van der Waals surface area contributed by atoms with E-state index in [0.29, 0.717) is 24.3 Å². The van der Waals surface area contributed by atoms with Crippen LogP contribution in [0.4, 0.5) is 15.8 Å². The summed E-state index contributed by atoms with van der Waals surface area (Å²) < 4.78 is 15.6. The minimum absolute atomic E-state index is 0.0217. The van der Waals surface area contributed by atoms with Gasteiger partial charge in [-0.05, 0) is 68.8 Å². The molecule has 0 bridgehead atoms. The van der Waals surface area contributed by atoms with Gasteiger partial charge in [-0.3, -0.25) is 9.78 Å². The lowest BCUT2D eigenvalue weighted by Crippen LogP contribution is -2.28. The van der Waals surface area contributed by atoms with Gasteiger partial charge in [-0.2, -0.15) is 0 Å². The number of likely N-dealkylation sites (tertiary alicyclic amines) is 1. The highest BCUT2D eigenvalue weighted by Gasteiger charge is 2.29. The standard InChI is InChI=1S/C26H26FN5O/c1-16-11-22(30-21-6-4-5-20(27)13-21)14-23(28-16)19-9-10-32(15-19)26(33)18-7-8-25-24(12-18)29-17(2)31(25)3/h4-8,11-14,19H,9-10,15H2,1-3H3,(H,28,30)/t19-/m1/s1. The molecule has 1 saturated heterocycles. The maximum atomic E-state index is 13.5. The SMILES string of the molecule is Cc1cc(Nc2cccc(F)c2)cc([C@@H]2CCN(C(=O)c3ccc4c(c3)nc(C)n4C)C2)n1. The van der Waals surface area contributed by atoms with Gasteiger partial charge < -0.3 is 14.8 Å². The number of aryl methyl sites for hydroxylation is 3. The molecule has 0 spiro atoms. The predicted octanol–water partition coefficient (Wildman–Crippen LogP) is 5.10. The summed E-state index contributed by atoms with van der Waals surface area (Å²) in [4.78, 5) is 24.4. The molecule has 0 saturated carbocycles. The summed E-state index contributed by atoms with van der Waals surface area (Å²) in [6, 6.07) is 16.1. The molecule has 0 radical (unpaired) electrons. The average molecular weight is 444 g/mol. The molecule has 2 aromatic heterocycles. The van der Waals surface area contributed by atoms with Gasteiger partial charge >= 0.3 is 0 Å². The molecule has 7 heteroatoms. The number of imidazole rings is 1. The fourth-order valence-corrected chi connectivity index (χ4v) is 4.53. The van der Waals surface area contributed by atoms with Crippen molar-refractivity contribution in [2.24, 2.45) is 7.05 Å². The van der Waals surface area contributed by atoms with E-state index in [1.807, 2.05) is 66.8 Å². The zero-order chi connectivity index (χ0) is 23.1. The van der Waals surface area contributed by atoms with Crippen molar-refractivity contribution in [3.05, 3.63) is 83.2 Å². The number of hydrogen-bond acceptors (Lipinski definition) is 4. The van der Waals surface area contributed by atoms with E-state index in [0.717, 1.165) is 40.4 Å². The van der Waals surface area contributed by atoms with Gasteiger partial charge in [0.1, 0.15) is 11.6 Å². The van der Waals surface area contributed by atoms with Crippen LogP contribution in [-0.2, 0) is 7.05 Å². The van der Waals surface area contributed by atoms with Crippen molar-refractivity contribution in [2.75, 3.05) is 18.4 Å². The lowest BCUT2D eigenvalue weighted by molar-refractivity contribution is 0.0791. The number of aromatic nitrogens is 3. The number of carbonyl (C=O) groups excluding carboxylic acids is 1. The number of amides is 1. The van der Waals surface area contributed by atoms with Gasteiger partial charge in [-0.1, -0.05) is 6.07 Å². The van der Waals surface area contributed by atoms with Gasteiger partial charge in [0.15, 0.2) is 0 Å². The van der Waals surface area contributed by atoms with Crippen LogP contribution in [0.2, 0.25) is 0 Å². The van der Waals surface area contributed by atoms with Crippen LogP contribution >= 0.6 is 0 Å². The van der Waals surface area contributed by atoms with Crippen molar-refractivity contribution in [1.29, 1.82) is 0 Å². The van der Waals surface area contributed by atoms with Crippen LogP contribution in [0.15, 0.2) is 54.6 Å². The number of rotatable bonds is 4. The van der Waals surface area contributed by atoms with Crippen molar-refractivity contribution < 1.29 is 9.18 Å². The number of benzene rings is 2. The van der Waals surface area contributed by atoms with E-state index in [-0.39, 0.29) is 17.6 Å². The highest BCUT2D eigenvalue weighted by atomic mass is 19.1. The molecule has 3 heterocycles. The normalized spacial score (nSPS) is 15.9. The van der Waals surface area contributed by atoms with E-state index in [9.17, 15) is 9.18 Å². The lowest BCUT2D eigenvalue weighted by Gasteiger charge is -2.17. The molecule has 5 rings (SSSR count). The second-order valence-electron chi connectivity index (χ2n) is 8.72. The summed E-state index contributed by atoms with van der Waals surface area (Å²) in [5.74, 6) is 0.815. The summed E-state index contributed by atoms with van der Waals surface area (Å²) in [7, 11) is 1.98. The second kappa shape index (κ2) is 8.31. The molecule has 1 fully saturated rings. The van der Waals surface area contributed by atoms with Crippen LogP contribution in [0, 0.1) is 19.7 Å². The van der Waals surface area contributed by atoms with E-state index in [2.05, 4.69) is 10.3 Å². The van der Waals surface area contributed by atoms with Gasteiger partial charge in [0, 0.05) is 54.4 Å². The molecule has 6 nitrogen and oxygen atoms in total. The quantitative estimate of drug-likeness (QED) is 0.477. The lowest BCUT2D eigenvalue weighted by atomic mass is 10.0. The molecule has 33 heavy (non-hydrogen) atoms. The molecule has 1 aliphatic heterocycles. The van der Waals surface area contributed by atoms with E-state index >= 15 is 0 Å². The van der Waals surface area contributed by atoms with E-state index in [1.165, 1.54) is 12.1 Å². The smallest absolute Gasteiger partial charge is 0.253 e. The molecular formula is C26H26FN5O. The Morgan fingerprint density at radius 3 is 2.73 bits per heavy atom. The van der Waals surface area contributed by atoms with E-state index in [1.54, 1.807) is 6.07 Å². The Labute approximate surface area is 192 Å². The zero-order valence-corrected chi connectivity index (χ0v) is 19.0. The predicted molar refractivity (Wildman–Crippen MR) is 127 cm³/mol. The number of fused-ring (bicyclic) bond motifs is 1. The monoisotopic (exact) mass is 443 g/mol. The Morgan fingerprint density at radius 1 is 1.06 bits per heavy atom. The number of pyridine rings is 1. The Bertz CT molecular complexity index is 1360. The second-order valence-corrected chi connectivity index (χ2v) is 8.72. The summed E-state index contributed by atoms with van der Waals surface area (Å²) in [5.41, 5.74) is 5.90.